The number of allylic oxidation sites excluding steroid dienone is 2. The van der Waals surface area contributed by atoms with Gasteiger partial charge in [0.05, 0.1) is 30.4 Å². The van der Waals surface area contributed by atoms with Crippen molar-refractivity contribution in [3.8, 4) is 0 Å². The van der Waals surface area contributed by atoms with Gasteiger partial charge in [-0.1, -0.05) is 134 Å². The highest BCUT2D eigenvalue weighted by molar-refractivity contribution is 5.77. The minimum absolute atomic E-state index is 0.111. The molecule has 0 spiro atoms. The van der Waals surface area contributed by atoms with Crippen molar-refractivity contribution in [3.05, 3.63) is 234 Å². The molecule has 0 aromatic heterocycles. The second-order valence-electron chi connectivity index (χ2n) is 16.6. The van der Waals surface area contributed by atoms with Crippen LogP contribution < -0.4 is 9.80 Å². The monoisotopic (exact) mass is 782 g/mol. The molecule has 5 heterocycles. The summed E-state index contributed by atoms with van der Waals surface area (Å²) < 4.78 is 0. The van der Waals surface area contributed by atoms with E-state index in [1.54, 1.807) is 0 Å². The minimum atomic E-state index is 0.111. The van der Waals surface area contributed by atoms with Gasteiger partial charge in [-0.2, -0.15) is 17.7 Å². The van der Waals surface area contributed by atoms with Crippen LogP contribution in [0.2, 0.25) is 0 Å². The molecule has 0 amide bonds. The first-order valence-corrected chi connectivity index (χ1v) is 21.6. The highest BCUT2D eigenvalue weighted by Crippen LogP contribution is 2.54. The molecule has 6 aliphatic rings. The van der Waals surface area contributed by atoms with Gasteiger partial charge in [-0.05, 0) is 59.7 Å². The summed E-state index contributed by atoms with van der Waals surface area (Å²) in [5.74, 6) is 2.08. The summed E-state index contributed by atoms with van der Waals surface area (Å²) in [6.45, 7) is 3.62. The fourth-order valence-corrected chi connectivity index (χ4v) is 10.1. The smallest absolute Gasteiger partial charge is 0.0947 e. The summed E-state index contributed by atoms with van der Waals surface area (Å²) >= 11 is 0. The third-order valence-electron chi connectivity index (χ3n) is 13.0. The molecule has 6 heteroatoms. The highest BCUT2D eigenvalue weighted by Gasteiger charge is 2.41. The Morgan fingerprint density at radius 3 is 1.77 bits per heavy atom. The molecule has 0 bridgehead atoms. The summed E-state index contributed by atoms with van der Waals surface area (Å²) in [5.41, 5.74) is 12.7. The van der Waals surface area contributed by atoms with Crippen molar-refractivity contribution in [2.75, 3.05) is 36.2 Å². The molecular formula is C54H50N6-2. The molecule has 6 nitrogen and oxygen atoms in total. The third-order valence-corrected chi connectivity index (χ3v) is 13.0. The summed E-state index contributed by atoms with van der Waals surface area (Å²) in [4.78, 5) is 15.4. The Labute approximate surface area is 355 Å². The van der Waals surface area contributed by atoms with Crippen LogP contribution in [0.3, 0.4) is 0 Å². The van der Waals surface area contributed by atoms with Gasteiger partial charge in [0.2, 0.25) is 0 Å². The Morgan fingerprint density at radius 1 is 0.550 bits per heavy atom. The molecule has 0 saturated carbocycles. The van der Waals surface area contributed by atoms with Gasteiger partial charge >= 0.3 is 0 Å². The molecule has 5 aromatic carbocycles. The van der Waals surface area contributed by atoms with E-state index < -0.39 is 0 Å². The predicted octanol–water partition coefficient (Wildman–Crippen LogP) is 11.2. The molecule has 5 aromatic rings. The Bertz CT molecular complexity index is 2490. The molecule has 1 saturated heterocycles. The average molecular weight is 783 g/mol. The van der Waals surface area contributed by atoms with E-state index in [4.69, 9.17) is 0 Å². The quantitative estimate of drug-likeness (QED) is 0.138. The van der Waals surface area contributed by atoms with E-state index in [-0.39, 0.29) is 6.17 Å². The van der Waals surface area contributed by atoms with Gasteiger partial charge in [-0.3, -0.25) is 5.57 Å². The molecular weight excluding hydrogens is 733 g/mol. The molecule has 5 aliphatic heterocycles. The van der Waals surface area contributed by atoms with Crippen molar-refractivity contribution < 1.29 is 0 Å². The van der Waals surface area contributed by atoms with Crippen molar-refractivity contribution in [2.24, 2.45) is 5.92 Å². The number of fused-ring (bicyclic) bond motifs is 2. The molecule has 2 unspecified atom stereocenters. The van der Waals surface area contributed by atoms with E-state index in [2.05, 4.69) is 224 Å². The minimum Gasteiger partial charge on any atom is -0.396 e. The van der Waals surface area contributed by atoms with Gasteiger partial charge in [-0.25, -0.2) is 6.08 Å². The van der Waals surface area contributed by atoms with E-state index in [0.717, 1.165) is 52.1 Å². The Hall–Kier alpha value is -6.92. The van der Waals surface area contributed by atoms with Gasteiger partial charge in [0.25, 0.3) is 0 Å². The summed E-state index contributed by atoms with van der Waals surface area (Å²) in [5, 5.41) is 0. The van der Waals surface area contributed by atoms with Crippen LogP contribution in [0.1, 0.15) is 42.4 Å². The number of benzene rings is 5. The fourth-order valence-electron chi connectivity index (χ4n) is 10.1. The lowest BCUT2D eigenvalue weighted by atomic mass is 9.78. The number of rotatable bonds is 9. The van der Waals surface area contributed by atoms with Crippen molar-refractivity contribution >= 4 is 28.5 Å². The molecule has 60 heavy (non-hydrogen) atoms. The van der Waals surface area contributed by atoms with Crippen molar-refractivity contribution in [3.63, 3.8) is 0 Å². The first-order chi connectivity index (χ1) is 29.8. The maximum atomic E-state index is 2.74. The van der Waals surface area contributed by atoms with E-state index in [0.29, 0.717) is 5.92 Å². The summed E-state index contributed by atoms with van der Waals surface area (Å²) in [6.07, 6.45) is 20.9. The number of para-hydroxylation sites is 2. The highest BCUT2D eigenvalue weighted by atomic mass is 15.4. The average Bonchev–Trinajstić information content (AvgIpc) is 4.06. The van der Waals surface area contributed by atoms with Gasteiger partial charge in [0.15, 0.2) is 0 Å². The molecule has 298 valence electrons. The van der Waals surface area contributed by atoms with Crippen LogP contribution >= 0.6 is 0 Å². The second-order valence-corrected chi connectivity index (χ2v) is 16.6. The van der Waals surface area contributed by atoms with Crippen LogP contribution in [0, 0.1) is 17.9 Å². The van der Waals surface area contributed by atoms with Crippen LogP contribution in [0.5, 0.6) is 0 Å². The first-order valence-electron chi connectivity index (χ1n) is 21.6. The Balaban J connectivity index is 0.949. The van der Waals surface area contributed by atoms with Crippen molar-refractivity contribution in [1.82, 2.24) is 19.6 Å². The lowest BCUT2D eigenvalue weighted by Crippen LogP contribution is -2.53. The van der Waals surface area contributed by atoms with Crippen molar-refractivity contribution in [1.29, 1.82) is 0 Å². The van der Waals surface area contributed by atoms with Gasteiger partial charge in [0.1, 0.15) is 0 Å². The first kappa shape index (κ1) is 36.2. The SMILES string of the molecule is C1=CC2=C(N3CN(c4ccccc4)C=C3c3ccccc3)[C-]3CCC(CCN4CN(c5ccccc5)C=C4c4ccccc4)CCN4C(c5ccccc5)=CN([C-]2C=C1)C34. The van der Waals surface area contributed by atoms with Crippen molar-refractivity contribution in [2.45, 2.75) is 31.8 Å². The third kappa shape index (κ3) is 6.62. The van der Waals surface area contributed by atoms with Crippen LogP contribution in [0.4, 0.5) is 11.4 Å². The number of hydrogen-bond donors (Lipinski definition) is 0. The zero-order valence-electron chi connectivity index (χ0n) is 34.0. The Morgan fingerprint density at radius 2 is 1.12 bits per heavy atom. The van der Waals surface area contributed by atoms with E-state index in [9.17, 15) is 0 Å². The normalized spacial score (nSPS) is 20.9. The number of hydrogen-bond acceptors (Lipinski definition) is 6. The maximum absolute atomic E-state index is 2.74. The van der Waals surface area contributed by atoms with Gasteiger partial charge in [-0.15, -0.1) is 24.6 Å². The van der Waals surface area contributed by atoms with E-state index >= 15 is 0 Å². The Kier molecular flexibility index (Phi) is 9.46. The summed E-state index contributed by atoms with van der Waals surface area (Å²) in [6, 6.07) is 55.9. The van der Waals surface area contributed by atoms with Crippen LogP contribution in [0.15, 0.2) is 206 Å². The van der Waals surface area contributed by atoms with E-state index in [1.165, 1.54) is 68.4 Å². The zero-order chi connectivity index (χ0) is 39.8. The molecule has 0 radical (unpaired) electrons. The maximum Gasteiger partial charge on any atom is 0.0947 e. The second kappa shape index (κ2) is 15.7. The number of anilines is 2. The topological polar surface area (TPSA) is 19.4 Å². The van der Waals surface area contributed by atoms with Crippen LogP contribution in [-0.2, 0) is 0 Å². The summed E-state index contributed by atoms with van der Waals surface area (Å²) in [7, 11) is 0. The van der Waals surface area contributed by atoms with E-state index in [1.807, 2.05) is 0 Å². The molecule has 0 N–H and O–H groups in total. The van der Waals surface area contributed by atoms with Gasteiger partial charge < -0.3 is 29.4 Å². The fraction of sp³-hybridized carbons (Fsp3) is 0.185. The largest absolute Gasteiger partial charge is 0.396 e. The molecule has 11 rings (SSSR count). The zero-order valence-corrected chi connectivity index (χ0v) is 34.0. The van der Waals surface area contributed by atoms with Gasteiger partial charge in [0, 0.05) is 49.2 Å². The predicted molar refractivity (Wildman–Crippen MR) is 245 cm³/mol. The molecule has 1 fully saturated rings. The molecule has 1 aliphatic carbocycles. The van der Waals surface area contributed by atoms with Crippen LogP contribution in [0.25, 0.3) is 17.1 Å². The number of nitrogens with zero attached hydrogens (tertiary/aromatic N) is 6. The standard InChI is InChI=1S/C54H50N6/c1-6-18-42(19-7-1)50-36-56(45-24-12-4-13-25-45)39-55(50)34-32-41-30-31-48-53(60-40-57(46-26-14-5-15-27-46)37-51(60)43-20-8-2-9-21-43)47-28-16-17-29-49(47)59-38-52(44-22-10-3-11-23-44)58(35-33-41)54(48)59/h1-29,36-38,41,54H,30-35,39-40H2/q-2. The lowest BCUT2D eigenvalue weighted by Gasteiger charge is -2.63. The van der Waals surface area contributed by atoms with Crippen LogP contribution in [-0.4, -0.2) is 52.2 Å². The molecule has 2 atom stereocenters. The lowest BCUT2D eigenvalue weighted by molar-refractivity contribution is 0.142.